The molecule has 1 unspecified atom stereocenters. The van der Waals surface area contributed by atoms with Crippen LogP contribution in [0.3, 0.4) is 0 Å². The van der Waals surface area contributed by atoms with Gasteiger partial charge in [0, 0.05) is 23.7 Å². The molecule has 1 aromatic rings. The quantitative estimate of drug-likeness (QED) is 0.880. The summed E-state index contributed by atoms with van der Waals surface area (Å²) in [5, 5.41) is 13.4. The fourth-order valence-electron chi connectivity index (χ4n) is 3.49. The minimum atomic E-state index is -0.610. The maximum absolute atomic E-state index is 12.5. The molecule has 4 rings (SSSR count). The SMILES string of the molecule is N#CC1C(SCC(=O)NC2CC2)=NC2=C(C(=O)CCC2)[C@H]1c1ccco1. The van der Waals surface area contributed by atoms with Crippen molar-refractivity contribution in [3.63, 3.8) is 0 Å². The second kappa shape index (κ2) is 7.12. The molecule has 26 heavy (non-hydrogen) atoms. The first-order valence-corrected chi connectivity index (χ1v) is 9.86. The second-order valence-electron chi connectivity index (χ2n) is 6.82. The first kappa shape index (κ1) is 17.1. The maximum atomic E-state index is 12.5. The van der Waals surface area contributed by atoms with Crippen molar-refractivity contribution in [2.45, 2.75) is 44.1 Å². The summed E-state index contributed by atoms with van der Waals surface area (Å²) in [5.41, 5.74) is 1.36. The third kappa shape index (κ3) is 3.34. The third-order valence-corrected chi connectivity index (χ3v) is 5.91. The average Bonchev–Trinajstić information content (AvgIpc) is 3.28. The molecule has 2 aliphatic carbocycles. The Morgan fingerprint density at radius 3 is 2.96 bits per heavy atom. The molecule has 1 amide bonds. The van der Waals surface area contributed by atoms with E-state index >= 15 is 0 Å². The van der Waals surface area contributed by atoms with Gasteiger partial charge in [0.15, 0.2) is 5.78 Å². The highest BCUT2D eigenvalue weighted by Gasteiger charge is 2.42. The van der Waals surface area contributed by atoms with Gasteiger partial charge in [-0.2, -0.15) is 5.26 Å². The molecule has 0 radical (unpaired) electrons. The molecule has 1 aliphatic heterocycles. The Morgan fingerprint density at radius 2 is 2.27 bits per heavy atom. The Balaban J connectivity index is 1.63. The Morgan fingerprint density at radius 1 is 1.42 bits per heavy atom. The van der Waals surface area contributed by atoms with Crippen LogP contribution in [-0.4, -0.2) is 28.5 Å². The number of allylic oxidation sites excluding steroid dienone is 2. The van der Waals surface area contributed by atoms with E-state index in [-0.39, 0.29) is 17.4 Å². The average molecular weight is 369 g/mol. The standard InChI is InChI=1S/C19H19N3O3S/c20-9-12-17(15-5-2-8-25-15)18-13(3-1-4-14(18)23)22-19(12)26-10-16(24)21-11-6-7-11/h2,5,8,11-12,17H,1,3-4,6-7,10H2,(H,21,24)/t12?,17-/m1/s1. The lowest BCUT2D eigenvalue weighted by molar-refractivity contribution is -0.119. The molecule has 2 heterocycles. The van der Waals surface area contributed by atoms with Gasteiger partial charge in [0.1, 0.15) is 11.7 Å². The Labute approximate surface area is 155 Å². The lowest BCUT2D eigenvalue weighted by Crippen LogP contribution is -2.32. The van der Waals surface area contributed by atoms with Crippen molar-refractivity contribution in [1.29, 1.82) is 5.26 Å². The van der Waals surface area contributed by atoms with Crippen LogP contribution >= 0.6 is 11.8 Å². The monoisotopic (exact) mass is 369 g/mol. The minimum Gasteiger partial charge on any atom is -0.469 e. The third-order valence-electron chi connectivity index (χ3n) is 4.87. The molecule has 0 spiro atoms. The van der Waals surface area contributed by atoms with Gasteiger partial charge in [-0.15, -0.1) is 0 Å². The topological polar surface area (TPSA) is 95.5 Å². The van der Waals surface area contributed by atoms with Crippen LogP contribution in [0.25, 0.3) is 0 Å². The second-order valence-corrected chi connectivity index (χ2v) is 7.81. The number of aliphatic imine (C=N–C) groups is 1. The maximum Gasteiger partial charge on any atom is 0.230 e. The van der Waals surface area contributed by atoms with E-state index < -0.39 is 11.8 Å². The number of ketones is 1. The number of hydrogen-bond donors (Lipinski definition) is 1. The first-order chi connectivity index (χ1) is 12.7. The molecule has 1 aromatic heterocycles. The lowest BCUT2D eigenvalue weighted by atomic mass is 9.76. The number of carbonyl (C=O) groups excluding carboxylic acids is 2. The zero-order valence-electron chi connectivity index (χ0n) is 14.2. The molecule has 0 aromatic carbocycles. The largest absolute Gasteiger partial charge is 0.469 e. The number of Topliss-reactive ketones (excluding diaryl/α,β-unsaturated/α-hetero) is 1. The van der Waals surface area contributed by atoms with Crippen LogP contribution in [0.4, 0.5) is 0 Å². The molecule has 1 saturated carbocycles. The van der Waals surface area contributed by atoms with Crippen molar-refractivity contribution in [2.24, 2.45) is 10.9 Å². The highest BCUT2D eigenvalue weighted by molar-refractivity contribution is 8.14. The number of nitrogens with zero attached hydrogens (tertiary/aromatic N) is 2. The number of rotatable bonds is 4. The van der Waals surface area contributed by atoms with Gasteiger partial charge in [-0.05, 0) is 37.8 Å². The number of nitrogens with one attached hydrogen (secondary N) is 1. The van der Waals surface area contributed by atoms with Crippen LogP contribution in [0.1, 0.15) is 43.8 Å². The summed E-state index contributed by atoms with van der Waals surface area (Å²) < 4.78 is 5.56. The van der Waals surface area contributed by atoms with Gasteiger partial charge in [-0.3, -0.25) is 9.59 Å². The van der Waals surface area contributed by atoms with Gasteiger partial charge in [0.2, 0.25) is 5.91 Å². The van der Waals surface area contributed by atoms with Crippen LogP contribution in [0.15, 0.2) is 39.1 Å². The van der Waals surface area contributed by atoms with Crippen molar-refractivity contribution in [3.8, 4) is 6.07 Å². The summed E-state index contributed by atoms with van der Waals surface area (Å²) in [6.45, 7) is 0. The van der Waals surface area contributed by atoms with E-state index in [4.69, 9.17) is 4.42 Å². The Hall–Kier alpha value is -2.33. The van der Waals surface area contributed by atoms with Crippen molar-refractivity contribution < 1.29 is 14.0 Å². The van der Waals surface area contributed by atoms with Crippen LogP contribution in [-0.2, 0) is 9.59 Å². The molecule has 3 aliphatic rings. The Kier molecular flexibility index (Phi) is 4.68. The first-order valence-electron chi connectivity index (χ1n) is 8.87. The Bertz CT molecular complexity index is 831. The van der Waals surface area contributed by atoms with E-state index in [0.717, 1.165) is 31.4 Å². The molecule has 1 N–H and O–H groups in total. The van der Waals surface area contributed by atoms with Crippen molar-refractivity contribution in [3.05, 3.63) is 35.4 Å². The summed E-state index contributed by atoms with van der Waals surface area (Å²) in [6, 6.07) is 6.17. The fraction of sp³-hybridized carbons (Fsp3) is 0.474. The summed E-state index contributed by atoms with van der Waals surface area (Å²) in [5.74, 6) is -0.201. The van der Waals surface area contributed by atoms with E-state index in [1.165, 1.54) is 11.8 Å². The van der Waals surface area contributed by atoms with Crippen molar-refractivity contribution in [1.82, 2.24) is 5.32 Å². The molecular weight excluding hydrogens is 350 g/mol. The zero-order chi connectivity index (χ0) is 18.1. The summed E-state index contributed by atoms with van der Waals surface area (Å²) >= 11 is 1.29. The van der Waals surface area contributed by atoms with Gasteiger partial charge in [-0.25, -0.2) is 4.99 Å². The van der Waals surface area contributed by atoms with Crippen LogP contribution in [0, 0.1) is 17.2 Å². The highest BCUT2D eigenvalue weighted by Crippen LogP contribution is 2.44. The normalized spacial score (nSPS) is 25.3. The highest BCUT2D eigenvalue weighted by atomic mass is 32.2. The molecular formula is C19H19N3O3S. The molecule has 2 atom stereocenters. The fourth-order valence-corrected chi connectivity index (χ4v) is 4.40. The molecule has 0 bridgehead atoms. The van der Waals surface area contributed by atoms with Gasteiger partial charge in [0.05, 0.1) is 29.0 Å². The number of thioether (sulfide) groups is 1. The van der Waals surface area contributed by atoms with Crippen molar-refractivity contribution >= 4 is 28.5 Å². The number of furan rings is 1. The van der Waals surface area contributed by atoms with E-state index in [9.17, 15) is 14.9 Å². The van der Waals surface area contributed by atoms with E-state index in [2.05, 4.69) is 16.4 Å². The number of carbonyl (C=O) groups is 2. The van der Waals surface area contributed by atoms with E-state index in [1.807, 2.05) is 0 Å². The molecule has 7 heteroatoms. The molecule has 6 nitrogen and oxygen atoms in total. The van der Waals surface area contributed by atoms with Gasteiger partial charge < -0.3 is 9.73 Å². The predicted molar refractivity (Wildman–Crippen MR) is 97.5 cm³/mol. The van der Waals surface area contributed by atoms with Gasteiger partial charge >= 0.3 is 0 Å². The molecule has 0 saturated heterocycles. The number of amides is 1. The predicted octanol–water partition coefficient (Wildman–Crippen LogP) is 2.93. The van der Waals surface area contributed by atoms with E-state index in [1.54, 1.807) is 18.4 Å². The number of nitriles is 1. The van der Waals surface area contributed by atoms with Gasteiger partial charge in [0.25, 0.3) is 0 Å². The number of hydrogen-bond acceptors (Lipinski definition) is 6. The van der Waals surface area contributed by atoms with Crippen LogP contribution < -0.4 is 5.32 Å². The van der Waals surface area contributed by atoms with Crippen LogP contribution in [0.2, 0.25) is 0 Å². The lowest BCUT2D eigenvalue weighted by Gasteiger charge is -2.31. The zero-order valence-corrected chi connectivity index (χ0v) is 15.1. The smallest absolute Gasteiger partial charge is 0.230 e. The molecule has 1 fully saturated rings. The molecule has 134 valence electrons. The van der Waals surface area contributed by atoms with Crippen LogP contribution in [0.5, 0.6) is 0 Å². The summed E-state index contributed by atoms with van der Waals surface area (Å²) in [4.78, 5) is 29.2. The summed E-state index contributed by atoms with van der Waals surface area (Å²) in [7, 11) is 0. The van der Waals surface area contributed by atoms with Gasteiger partial charge in [-0.1, -0.05) is 11.8 Å². The summed E-state index contributed by atoms with van der Waals surface area (Å²) in [6.07, 6.45) is 5.60. The minimum absolute atomic E-state index is 0.0362. The van der Waals surface area contributed by atoms with E-state index in [0.29, 0.717) is 28.8 Å². The van der Waals surface area contributed by atoms with Crippen molar-refractivity contribution in [2.75, 3.05) is 5.75 Å².